The van der Waals surface area contributed by atoms with Crippen LogP contribution in [0.5, 0.6) is 17.2 Å². The number of thioether (sulfide) groups is 1. The van der Waals surface area contributed by atoms with E-state index in [-0.39, 0.29) is 11.9 Å². The van der Waals surface area contributed by atoms with Crippen molar-refractivity contribution in [2.24, 2.45) is 0 Å². The van der Waals surface area contributed by atoms with E-state index < -0.39 is 0 Å². The molecule has 1 unspecified atom stereocenters. The fraction of sp³-hybridized carbons (Fsp3) is 0.158. The SMILES string of the molecule is CC(CSc1ncccn1)Oc1ccc(Oc2cccc(F)c2)cc1. The quantitative estimate of drug-likeness (QED) is 0.442. The van der Waals surface area contributed by atoms with E-state index in [9.17, 15) is 4.39 Å². The predicted octanol–water partition coefficient (Wildman–Crippen LogP) is 4.97. The van der Waals surface area contributed by atoms with Gasteiger partial charge in [0.15, 0.2) is 5.16 Å². The topological polar surface area (TPSA) is 44.2 Å². The van der Waals surface area contributed by atoms with Crippen LogP contribution in [0.15, 0.2) is 72.1 Å². The van der Waals surface area contributed by atoms with Crippen LogP contribution >= 0.6 is 11.8 Å². The molecule has 1 atom stereocenters. The second-order valence-corrected chi connectivity index (χ2v) is 6.29. The number of nitrogens with zero attached hydrogens (tertiary/aromatic N) is 2. The number of benzene rings is 2. The first-order valence-corrected chi connectivity index (χ1v) is 8.77. The smallest absolute Gasteiger partial charge is 0.187 e. The summed E-state index contributed by atoms with van der Waals surface area (Å²) < 4.78 is 24.6. The number of ether oxygens (including phenoxy) is 2. The van der Waals surface area contributed by atoms with E-state index in [1.165, 1.54) is 12.1 Å². The van der Waals surface area contributed by atoms with Crippen molar-refractivity contribution >= 4 is 11.8 Å². The van der Waals surface area contributed by atoms with Crippen LogP contribution in [0.25, 0.3) is 0 Å². The average molecular weight is 356 g/mol. The molecule has 0 spiro atoms. The van der Waals surface area contributed by atoms with Crippen LogP contribution in [0.3, 0.4) is 0 Å². The minimum Gasteiger partial charge on any atom is -0.490 e. The number of hydrogen-bond acceptors (Lipinski definition) is 5. The molecule has 0 aliphatic carbocycles. The van der Waals surface area contributed by atoms with E-state index in [2.05, 4.69) is 9.97 Å². The summed E-state index contributed by atoms with van der Waals surface area (Å²) in [5.41, 5.74) is 0. The molecule has 0 bridgehead atoms. The van der Waals surface area contributed by atoms with E-state index in [0.717, 1.165) is 16.7 Å². The van der Waals surface area contributed by atoms with Gasteiger partial charge < -0.3 is 9.47 Å². The van der Waals surface area contributed by atoms with Crippen molar-refractivity contribution in [3.8, 4) is 17.2 Å². The van der Waals surface area contributed by atoms with Crippen LogP contribution < -0.4 is 9.47 Å². The summed E-state index contributed by atoms with van der Waals surface area (Å²) in [5.74, 6) is 2.24. The normalized spacial score (nSPS) is 11.8. The highest BCUT2D eigenvalue weighted by Gasteiger charge is 2.07. The molecule has 0 radical (unpaired) electrons. The van der Waals surface area contributed by atoms with Gasteiger partial charge in [0.2, 0.25) is 0 Å². The zero-order valence-corrected chi connectivity index (χ0v) is 14.4. The lowest BCUT2D eigenvalue weighted by atomic mass is 10.3. The summed E-state index contributed by atoms with van der Waals surface area (Å²) >= 11 is 1.55. The number of hydrogen-bond donors (Lipinski definition) is 0. The van der Waals surface area contributed by atoms with Crippen molar-refractivity contribution in [3.05, 3.63) is 72.8 Å². The summed E-state index contributed by atoms with van der Waals surface area (Å²) in [4.78, 5) is 8.34. The van der Waals surface area contributed by atoms with Gasteiger partial charge in [-0.3, -0.25) is 0 Å². The Kier molecular flexibility index (Phi) is 5.85. The molecule has 0 fully saturated rings. The highest BCUT2D eigenvalue weighted by atomic mass is 32.2. The first kappa shape index (κ1) is 17.2. The first-order valence-electron chi connectivity index (χ1n) is 7.79. The maximum Gasteiger partial charge on any atom is 0.187 e. The summed E-state index contributed by atoms with van der Waals surface area (Å²) in [6.07, 6.45) is 3.44. The molecule has 4 nitrogen and oxygen atoms in total. The summed E-state index contributed by atoms with van der Waals surface area (Å²) in [5, 5.41) is 0.733. The summed E-state index contributed by atoms with van der Waals surface area (Å²) in [6, 6.07) is 15.1. The Bertz CT molecular complexity index is 800. The van der Waals surface area contributed by atoms with Crippen LogP contribution in [0.1, 0.15) is 6.92 Å². The first-order chi connectivity index (χ1) is 12.2. The predicted molar refractivity (Wildman–Crippen MR) is 95.8 cm³/mol. The third-order valence-electron chi connectivity index (χ3n) is 3.18. The summed E-state index contributed by atoms with van der Waals surface area (Å²) in [6.45, 7) is 1.99. The highest BCUT2D eigenvalue weighted by molar-refractivity contribution is 7.99. The van der Waals surface area contributed by atoms with Crippen molar-refractivity contribution in [2.45, 2.75) is 18.2 Å². The molecule has 0 aliphatic rings. The summed E-state index contributed by atoms with van der Waals surface area (Å²) in [7, 11) is 0. The number of aromatic nitrogens is 2. The molecule has 0 saturated heterocycles. The molecule has 1 aromatic heterocycles. The van der Waals surface area contributed by atoms with Crippen LogP contribution in [-0.2, 0) is 0 Å². The van der Waals surface area contributed by atoms with Crippen LogP contribution in [0.4, 0.5) is 4.39 Å². The molecule has 3 rings (SSSR count). The van der Waals surface area contributed by atoms with Gasteiger partial charge in [0.25, 0.3) is 0 Å². The van der Waals surface area contributed by atoms with Gasteiger partial charge in [0.1, 0.15) is 29.2 Å². The van der Waals surface area contributed by atoms with Gasteiger partial charge in [-0.25, -0.2) is 14.4 Å². The molecular formula is C19H17FN2O2S. The van der Waals surface area contributed by atoms with Crippen molar-refractivity contribution < 1.29 is 13.9 Å². The van der Waals surface area contributed by atoms with Gasteiger partial charge in [-0.05, 0) is 49.4 Å². The Morgan fingerprint density at radius 3 is 2.40 bits per heavy atom. The molecule has 3 aromatic rings. The highest BCUT2D eigenvalue weighted by Crippen LogP contribution is 2.25. The molecule has 0 aliphatic heterocycles. The minimum atomic E-state index is -0.328. The molecule has 1 heterocycles. The fourth-order valence-corrected chi connectivity index (χ4v) is 2.79. The van der Waals surface area contributed by atoms with Crippen molar-refractivity contribution in [1.29, 1.82) is 0 Å². The molecule has 6 heteroatoms. The molecule has 128 valence electrons. The largest absolute Gasteiger partial charge is 0.490 e. The van der Waals surface area contributed by atoms with E-state index in [0.29, 0.717) is 11.5 Å². The van der Waals surface area contributed by atoms with E-state index in [4.69, 9.17) is 9.47 Å². The second-order valence-electron chi connectivity index (χ2n) is 5.30. The van der Waals surface area contributed by atoms with E-state index in [1.54, 1.807) is 54.5 Å². The van der Waals surface area contributed by atoms with Crippen molar-refractivity contribution in [3.63, 3.8) is 0 Å². The van der Waals surface area contributed by atoms with Crippen molar-refractivity contribution in [1.82, 2.24) is 9.97 Å². The molecule has 2 aromatic carbocycles. The lowest BCUT2D eigenvalue weighted by molar-refractivity contribution is 0.246. The Morgan fingerprint density at radius 2 is 1.68 bits per heavy atom. The molecular weight excluding hydrogens is 339 g/mol. The lowest BCUT2D eigenvalue weighted by Crippen LogP contribution is -2.14. The van der Waals surface area contributed by atoms with Gasteiger partial charge in [-0.1, -0.05) is 17.8 Å². The van der Waals surface area contributed by atoms with Crippen molar-refractivity contribution in [2.75, 3.05) is 5.75 Å². The second kappa shape index (κ2) is 8.48. The zero-order valence-electron chi connectivity index (χ0n) is 13.6. The van der Waals surface area contributed by atoms with E-state index >= 15 is 0 Å². The number of halogens is 1. The lowest BCUT2D eigenvalue weighted by Gasteiger charge is -2.14. The van der Waals surface area contributed by atoms with Crippen LogP contribution in [-0.4, -0.2) is 21.8 Å². The third-order valence-corrected chi connectivity index (χ3v) is 4.29. The number of rotatable bonds is 7. The van der Waals surface area contributed by atoms with Gasteiger partial charge in [-0.15, -0.1) is 0 Å². The van der Waals surface area contributed by atoms with Gasteiger partial charge in [0, 0.05) is 24.2 Å². The fourth-order valence-electron chi connectivity index (χ4n) is 2.07. The Hall–Kier alpha value is -2.60. The maximum atomic E-state index is 13.2. The Morgan fingerprint density at radius 1 is 0.960 bits per heavy atom. The van der Waals surface area contributed by atoms with Gasteiger partial charge in [0.05, 0.1) is 0 Å². The van der Waals surface area contributed by atoms with Gasteiger partial charge >= 0.3 is 0 Å². The molecule has 25 heavy (non-hydrogen) atoms. The van der Waals surface area contributed by atoms with E-state index in [1.807, 2.05) is 19.1 Å². The molecule has 0 saturated carbocycles. The third kappa shape index (κ3) is 5.46. The minimum absolute atomic E-state index is 0.00351. The maximum absolute atomic E-state index is 13.2. The molecule has 0 amide bonds. The Balaban J connectivity index is 1.51. The van der Waals surface area contributed by atoms with Crippen LogP contribution in [0.2, 0.25) is 0 Å². The Labute approximate surface area is 150 Å². The monoisotopic (exact) mass is 356 g/mol. The van der Waals surface area contributed by atoms with Crippen LogP contribution in [0, 0.1) is 5.82 Å². The average Bonchev–Trinajstić information content (AvgIpc) is 2.63. The zero-order chi connectivity index (χ0) is 17.5. The standard InChI is InChI=1S/C19H17FN2O2S/c1-14(13-25-19-21-10-3-11-22-19)23-16-6-8-17(9-7-16)24-18-5-2-4-15(20)12-18/h2-12,14H,13H2,1H3. The molecule has 0 N–H and O–H groups in total. The van der Waals surface area contributed by atoms with Gasteiger partial charge in [-0.2, -0.15) is 0 Å².